The molecule has 2 aromatic rings. The third kappa shape index (κ3) is 3.68. The van der Waals surface area contributed by atoms with Crippen LogP contribution in [-0.4, -0.2) is 9.97 Å². The summed E-state index contributed by atoms with van der Waals surface area (Å²) < 4.78 is 5.64. The highest BCUT2D eigenvalue weighted by molar-refractivity contribution is 5.43. The van der Waals surface area contributed by atoms with Gasteiger partial charge < -0.3 is 10.5 Å². The highest BCUT2D eigenvalue weighted by Gasteiger charge is 2.15. The van der Waals surface area contributed by atoms with Crippen molar-refractivity contribution in [2.45, 2.75) is 32.8 Å². The van der Waals surface area contributed by atoms with Crippen molar-refractivity contribution < 1.29 is 4.74 Å². The first-order valence-corrected chi connectivity index (χ1v) is 6.26. The quantitative estimate of drug-likeness (QED) is 0.859. The van der Waals surface area contributed by atoms with Crippen molar-refractivity contribution in [2.75, 3.05) is 5.73 Å². The molecule has 0 atom stereocenters. The Bertz CT molecular complexity index is 561. The summed E-state index contributed by atoms with van der Waals surface area (Å²) in [5.74, 6) is 1.40. The van der Waals surface area contributed by atoms with Crippen LogP contribution in [0.3, 0.4) is 0 Å². The Hall–Kier alpha value is -2.10. The van der Waals surface area contributed by atoms with E-state index < -0.39 is 0 Å². The van der Waals surface area contributed by atoms with Crippen LogP contribution < -0.4 is 10.5 Å². The van der Waals surface area contributed by atoms with Gasteiger partial charge in [-0.2, -0.15) is 0 Å². The Labute approximate surface area is 113 Å². The number of hydrogen-bond donors (Lipinski definition) is 1. The van der Waals surface area contributed by atoms with Crippen LogP contribution in [0.5, 0.6) is 5.75 Å². The van der Waals surface area contributed by atoms with Gasteiger partial charge in [0.25, 0.3) is 0 Å². The van der Waals surface area contributed by atoms with Gasteiger partial charge in [0.05, 0.1) is 0 Å². The highest BCUT2D eigenvalue weighted by Crippen LogP contribution is 2.20. The van der Waals surface area contributed by atoms with Crippen LogP contribution in [0.15, 0.2) is 36.5 Å². The Morgan fingerprint density at radius 3 is 2.68 bits per heavy atom. The molecule has 0 amide bonds. The van der Waals surface area contributed by atoms with Gasteiger partial charge in [-0.3, -0.25) is 0 Å². The molecule has 0 aliphatic carbocycles. The number of anilines is 1. The lowest BCUT2D eigenvalue weighted by molar-refractivity contribution is 0.294. The Morgan fingerprint density at radius 1 is 1.21 bits per heavy atom. The molecule has 1 aromatic carbocycles. The van der Waals surface area contributed by atoms with E-state index in [0.29, 0.717) is 18.1 Å². The number of benzene rings is 1. The average Bonchev–Trinajstić information content (AvgIpc) is 2.36. The summed E-state index contributed by atoms with van der Waals surface area (Å²) in [6, 6.07) is 9.27. The molecular weight excluding hydrogens is 238 g/mol. The van der Waals surface area contributed by atoms with Gasteiger partial charge in [-0.25, -0.2) is 9.97 Å². The molecule has 0 spiro atoms. The van der Waals surface area contributed by atoms with E-state index in [1.165, 1.54) is 0 Å². The van der Waals surface area contributed by atoms with Gasteiger partial charge in [-0.1, -0.05) is 26.8 Å². The molecule has 0 saturated carbocycles. The fourth-order valence-electron chi connectivity index (χ4n) is 1.64. The minimum absolute atomic E-state index is 0.00879. The first kappa shape index (κ1) is 13.3. The van der Waals surface area contributed by atoms with Gasteiger partial charge in [-0.15, -0.1) is 0 Å². The minimum Gasteiger partial charge on any atom is -0.486 e. The van der Waals surface area contributed by atoms with Crippen LogP contribution in [-0.2, 0) is 12.0 Å². The molecule has 19 heavy (non-hydrogen) atoms. The second kappa shape index (κ2) is 5.26. The third-order valence-corrected chi connectivity index (χ3v) is 2.70. The zero-order valence-electron chi connectivity index (χ0n) is 11.6. The number of nitrogens with zero attached hydrogens (tertiary/aromatic N) is 2. The third-order valence-electron chi connectivity index (χ3n) is 2.70. The van der Waals surface area contributed by atoms with Gasteiger partial charge in [0.2, 0.25) is 0 Å². The van der Waals surface area contributed by atoms with E-state index in [-0.39, 0.29) is 5.41 Å². The normalized spacial score (nSPS) is 11.3. The summed E-state index contributed by atoms with van der Waals surface area (Å²) in [6.07, 6.45) is 1.77. The van der Waals surface area contributed by atoms with Crippen molar-refractivity contribution in [3.63, 3.8) is 0 Å². The van der Waals surface area contributed by atoms with Crippen LogP contribution in [0, 0.1) is 0 Å². The molecule has 0 aliphatic rings. The Balaban J connectivity index is 2.08. The molecule has 4 heteroatoms. The second-order valence-corrected chi connectivity index (χ2v) is 5.47. The van der Waals surface area contributed by atoms with Crippen molar-refractivity contribution in [2.24, 2.45) is 0 Å². The standard InChI is InChI=1S/C15H19N3O/c1-15(2,3)13-7-8-17-14(18-13)10-19-12-6-4-5-11(16)9-12/h4-9H,10,16H2,1-3H3. The summed E-state index contributed by atoms with van der Waals surface area (Å²) in [6.45, 7) is 6.71. The van der Waals surface area contributed by atoms with Crippen molar-refractivity contribution in [1.82, 2.24) is 9.97 Å². The number of aromatic nitrogens is 2. The molecule has 0 saturated heterocycles. The van der Waals surface area contributed by atoms with E-state index in [1.807, 2.05) is 24.3 Å². The molecule has 4 nitrogen and oxygen atoms in total. The monoisotopic (exact) mass is 257 g/mol. The minimum atomic E-state index is 0.00879. The lowest BCUT2D eigenvalue weighted by Crippen LogP contribution is -2.15. The molecule has 0 radical (unpaired) electrons. The van der Waals surface area contributed by atoms with Gasteiger partial charge in [0, 0.05) is 29.1 Å². The Morgan fingerprint density at radius 2 is 2.00 bits per heavy atom. The Kier molecular flexibility index (Phi) is 3.69. The molecule has 0 bridgehead atoms. The van der Waals surface area contributed by atoms with Crippen LogP contribution in [0.2, 0.25) is 0 Å². The van der Waals surface area contributed by atoms with Crippen LogP contribution in [0.1, 0.15) is 32.3 Å². The van der Waals surface area contributed by atoms with E-state index in [1.54, 1.807) is 12.3 Å². The summed E-state index contributed by atoms with van der Waals surface area (Å²) in [7, 11) is 0. The molecule has 0 fully saturated rings. The average molecular weight is 257 g/mol. The largest absolute Gasteiger partial charge is 0.486 e. The van der Waals surface area contributed by atoms with Crippen molar-refractivity contribution >= 4 is 5.69 Å². The number of rotatable bonds is 3. The molecule has 0 aliphatic heterocycles. The van der Waals surface area contributed by atoms with Crippen LogP contribution in [0.4, 0.5) is 5.69 Å². The number of nitrogens with two attached hydrogens (primary N) is 1. The smallest absolute Gasteiger partial charge is 0.166 e. The summed E-state index contributed by atoms with van der Waals surface area (Å²) in [4.78, 5) is 8.74. The number of nitrogen functional groups attached to an aromatic ring is 1. The summed E-state index contributed by atoms with van der Waals surface area (Å²) in [5, 5.41) is 0. The predicted octanol–water partition coefficient (Wildman–Crippen LogP) is 2.94. The lowest BCUT2D eigenvalue weighted by atomic mass is 9.92. The maximum absolute atomic E-state index is 5.70. The van der Waals surface area contributed by atoms with Gasteiger partial charge in [0.1, 0.15) is 12.4 Å². The van der Waals surface area contributed by atoms with E-state index in [0.717, 1.165) is 11.4 Å². The lowest BCUT2D eigenvalue weighted by Gasteiger charge is -2.17. The van der Waals surface area contributed by atoms with Gasteiger partial charge >= 0.3 is 0 Å². The second-order valence-electron chi connectivity index (χ2n) is 5.47. The number of ether oxygens (including phenoxy) is 1. The summed E-state index contributed by atoms with van der Waals surface area (Å²) >= 11 is 0. The summed E-state index contributed by atoms with van der Waals surface area (Å²) in [5.41, 5.74) is 7.40. The zero-order valence-corrected chi connectivity index (χ0v) is 11.6. The predicted molar refractivity (Wildman–Crippen MR) is 75.9 cm³/mol. The molecule has 2 rings (SSSR count). The number of hydrogen-bond acceptors (Lipinski definition) is 4. The molecule has 1 aromatic heterocycles. The van der Waals surface area contributed by atoms with Crippen molar-refractivity contribution in [1.29, 1.82) is 0 Å². The molecule has 2 N–H and O–H groups in total. The molecule has 100 valence electrons. The molecule has 0 unspecified atom stereocenters. The van der Waals surface area contributed by atoms with E-state index >= 15 is 0 Å². The highest BCUT2D eigenvalue weighted by atomic mass is 16.5. The fraction of sp³-hybridized carbons (Fsp3) is 0.333. The molecular formula is C15H19N3O. The zero-order chi connectivity index (χ0) is 13.9. The maximum Gasteiger partial charge on any atom is 0.166 e. The first-order valence-electron chi connectivity index (χ1n) is 6.26. The SMILES string of the molecule is CC(C)(C)c1ccnc(COc2cccc(N)c2)n1. The van der Waals surface area contributed by atoms with E-state index in [4.69, 9.17) is 10.5 Å². The van der Waals surface area contributed by atoms with Gasteiger partial charge in [0.15, 0.2) is 5.82 Å². The maximum atomic E-state index is 5.70. The topological polar surface area (TPSA) is 61.0 Å². The van der Waals surface area contributed by atoms with Crippen LogP contribution in [0.25, 0.3) is 0 Å². The van der Waals surface area contributed by atoms with Crippen molar-refractivity contribution in [3.8, 4) is 5.75 Å². The molecule has 1 heterocycles. The van der Waals surface area contributed by atoms with Crippen LogP contribution >= 0.6 is 0 Å². The first-order chi connectivity index (χ1) is 8.95. The van der Waals surface area contributed by atoms with Gasteiger partial charge in [-0.05, 0) is 18.2 Å². The van der Waals surface area contributed by atoms with Crippen molar-refractivity contribution in [3.05, 3.63) is 48.0 Å². The van der Waals surface area contributed by atoms with E-state index in [9.17, 15) is 0 Å². The fourth-order valence-corrected chi connectivity index (χ4v) is 1.64. The van der Waals surface area contributed by atoms with E-state index in [2.05, 4.69) is 30.7 Å².